The Bertz CT molecular complexity index is 1310. The normalized spacial score (nSPS) is 15.0. The van der Waals surface area contributed by atoms with E-state index in [4.69, 9.17) is 9.26 Å². The highest BCUT2D eigenvalue weighted by molar-refractivity contribution is 7.89. The van der Waals surface area contributed by atoms with Crippen molar-refractivity contribution in [3.8, 4) is 11.5 Å². The smallest absolute Gasteiger partial charge is 0.260 e. The first-order chi connectivity index (χ1) is 16.2. The lowest BCUT2D eigenvalue weighted by molar-refractivity contribution is 0.0730. The van der Waals surface area contributed by atoms with E-state index >= 15 is 0 Å². The molecule has 34 heavy (non-hydrogen) atoms. The first-order valence-electron chi connectivity index (χ1n) is 11.1. The van der Waals surface area contributed by atoms with Crippen LogP contribution in [-0.4, -0.2) is 55.1 Å². The monoisotopic (exact) mass is 484 g/mol. The molecule has 1 amide bonds. The maximum absolute atomic E-state index is 13.2. The Morgan fingerprint density at radius 2 is 1.82 bits per heavy atom. The maximum atomic E-state index is 13.2. The van der Waals surface area contributed by atoms with Crippen molar-refractivity contribution in [1.82, 2.24) is 14.4 Å². The van der Waals surface area contributed by atoms with Gasteiger partial charge in [0.25, 0.3) is 11.8 Å². The minimum atomic E-state index is -3.75. The zero-order valence-electron chi connectivity index (χ0n) is 19.7. The number of aryl methyl sites for hydroxylation is 2. The summed E-state index contributed by atoms with van der Waals surface area (Å²) in [6.45, 7) is 8.78. The van der Waals surface area contributed by atoms with Gasteiger partial charge in [0.05, 0.1) is 29.4 Å². The Balaban J connectivity index is 1.66. The average Bonchev–Trinajstić information content (AvgIpc) is 3.31. The molecule has 4 rings (SSSR count). The summed E-state index contributed by atoms with van der Waals surface area (Å²) in [5, 5.41) is 6.93. The van der Waals surface area contributed by atoms with Gasteiger partial charge in [-0.05, 0) is 43.2 Å². The van der Waals surface area contributed by atoms with Crippen molar-refractivity contribution in [2.75, 3.05) is 31.6 Å². The van der Waals surface area contributed by atoms with Crippen LogP contribution in [0, 0.1) is 13.8 Å². The fourth-order valence-corrected chi connectivity index (χ4v) is 5.38. The maximum Gasteiger partial charge on any atom is 0.260 e. The van der Waals surface area contributed by atoms with Gasteiger partial charge in [-0.25, -0.2) is 8.42 Å². The third-order valence-electron chi connectivity index (χ3n) is 5.74. The topological polar surface area (TPSA) is 115 Å². The van der Waals surface area contributed by atoms with Gasteiger partial charge in [-0.1, -0.05) is 37.2 Å². The van der Waals surface area contributed by atoms with Crippen LogP contribution < -0.4 is 5.32 Å². The third-order valence-corrected chi connectivity index (χ3v) is 7.78. The van der Waals surface area contributed by atoms with E-state index in [0.717, 1.165) is 5.56 Å². The zero-order chi connectivity index (χ0) is 24.5. The molecule has 3 aromatic rings. The Hall–Kier alpha value is -3.08. The summed E-state index contributed by atoms with van der Waals surface area (Å²) in [7, 11) is -3.75. The van der Waals surface area contributed by atoms with Gasteiger partial charge in [0.15, 0.2) is 5.82 Å². The van der Waals surface area contributed by atoms with Crippen molar-refractivity contribution < 1.29 is 22.5 Å². The van der Waals surface area contributed by atoms with Crippen molar-refractivity contribution >= 4 is 21.6 Å². The molecule has 0 spiro atoms. The highest BCUT2D eigenvalue weighted by Gasteiger charge is 2.28. The molecule has 1 fully saturated rings. The molecule has 9 nitrogen and oxygen atoms in total. The molecule has 10 heteroatoms. The van der Waals surface area contributed by atoms with Gasteiger partial charge in [0.1, 0.15) is 0 Å². The number of hydrogen-bond acceptors (Lipinski definition) is 7. The van der Waals surface area contributed by atoms with Gasteiger partial charge < -0.3 is 14.6 Å². The second-order valence-electron chi connectivity index (χ2n) is 8.56. The SMILES string of the molecule is Cc1ccc(C(=O)Nc2c(C)cccc2-c2nc(C(C)C)no2)cc1S(=O)(=O)N1CCOCC1. The van der Waals surface area contributed by atoms with E-state index in [9.17, 15) is 13.2 Å². The van der Waals surface area contributed by atoms with Crippen LogP contribution >= 0.6 is 0 Å². The van der Waals surface area contributed by atoms with E-state index in [-0.39, 0.29) is 29.5 Å². The highest BCUT2D eigenvalue weighted by atomic mass is 32.2. The second kappa shape index (κ2) is 9.65. The molecule has 2 heterocycles. The van der Waals surface area contributed by atoms with Crippen LogP contribution in [0.4, 0.5) is 5.69 Å². The zero-order valence-corrected chi connectivity index (χ0v) is 20.5. The van der Waals surface area contributed by atoms with Crippen LogP contribution in [0.1, 0.15) is 47.1 Å². The lowest BCUT2D eigenvalue weighted by Crippen LogP contribution is -2.40. The largest absolute Gasteiger partial charge is 0.379 e. The van der Waals surface area contributed by atoms with Crippen LogP contribution in [-0.2, 0) is 14.8 Å². The van der Waals surface area contributed by atoms with Gasteiger partial charge in [-0.15, -0.1) is 0 Å². The first-order valence-corrected chi connectivity index (χ1v) is 12.6. The van der Waals surface area contributed by atoms with Crippen LogP contribution in [0.15, 0.2) is 45.8 Å². The minimum absolute atomic E-state index is 0.0970. The summed E-state index contributed by atoms with van der Waals surface area (Å²) in [4.78, 5) is 17.8. The average molecular weight is 485 g/mol. The van der Waals surface area contributed by atoms with Gasteiger partial charge in [-0.3, -0.25) is 4.79 Å². The Morgan fingerprint density at radius 3 is 2.50 bits per heavy atom. The molecule has 0 saturated carbocycles. The number of amides is 1. The molecule has 180 valence electrons. The fraction of sp³-hybridized carbons (Fsp3) is 0.375. The van der Waals surface area contributed by atoms with Crippen molar-refractivity contribution in [2.24, 2.45) is 0 Å². The molecular formula is C24H28N4O5S. The lowest BCUT2D eigenvalue weighted by atomic mass is 10.1. The molecule has 0 bridgehead atoms. The molecule has 0 unspecified atom stereocenters. The van der Waals surface area contributed by atoms with E-state index in [2.05, 4.69) is 15.5 Å². The lowest BCUT2D eigenvalue weighted by Gasteiger charge is -2.26. The summed E-state index contributed by atoms with van der Waals surface area (Å²) in [5.74, 6) is 0.546. The molecule has 2 aromatic carbocycles. The predicted octanol–water partition coefficient (Wildman–Crippen LogP) is 3.75. The van der Waals surface area contributed by atoms with Gasteiger partial charge in [-0.2, -0.15) is 9.29 Å². The van der Waals surface area contributed by atoms with Crippen LogP contribution in [0.25, 0.3) is 11.5 Å². The molecule has 0 radical (unpaired) electrons. The van der Waals surface area contributed by atoms with E-state index in [1.54, 1.807) is 25.1 Å². The number of benzene rings is 2. The number of hydrogen-bond donors (Lipinski definition) is 1. The number of carbonyl (C=O) groups is 1. The fourth-order valence-electron chi connectivity index (χ4n) is 3.72. The van der Waals surface area contributed by atoms with E-state index in [1.807, 2.05) is 32.9 Å². The summed E-state index contributed by atoms with van der Waals surface area (Å²) in [6.07, 6.45) is 0. The number of anilines is 1. The summed E-state index contributed by atoms with van der Waals surface area (Å²) in [6, 6.07) is 10.2. The van der Waals surface area contributed by atoms with E-state index in [0.29, 0.717) is 41.7 Å². The summed E-state index contributed by atoms with van der Waals surface area (Å²) < 4.78 is 38.5. The Kier molecular flexibility index (Phi) is 6.83. The predicted molar refractivity (Wildman–Crippen MR) is 127 cm³/mol. The number of nitrogens with zero attached hydrogens (tertiary/aromatic N) is 3. The van der Waals surface area contributed by atoms with Crippen molar-refractivity contribution in [1.29, 1.82) is 0 Å². The van der Waals surface area contributed by atoms with Crippen molar-refractivity contribution in [3.63, 3.8) is 0 Å². The van der Waals surface area contributed by atoms with Gasteiger partial charge in [0, 0.05) is 24.6 Å². The standard InChI is InChI=1S/C24H28N4O5S/c1-15(2)22-26-24(33-27-22)19-7-5-6-17(4)21(19)25-23(29)18-9-8-16(3)20(14-18)34(30,31)28-10-12-32-13-11-28/h5-9,14-15H,10-13H2,1-4H3,(H,25,29). The molecule has 0 atom stereocenters. The minimum Gasteiger partial charge on any atom is -0.379 e. The van der Waals surface area contributed by atoms with Crippen LogP contribution in [0.5, 0.6) is 0 Å². The quantitative estimate of drug-likeness (QED) is 0.567. The van der Waals surface area contributed by atoms with Crippen molar-refractivity contribution in [3.05, 3.63) is 58.9 Å². The molecule has 1 saturated heterocycles. The number of rotatable bonds is 6. The number of sulfonamides is 1. The molecule has 1 aliphatic heterocycles. The Morgan fingerprint density at radius 1 is 1.09 bits per heavy atom. The summed E-state index contributed by atoms with van der Waals surface area (Å²) >= 11 is 0. The van der Waals surface area contributed by atoms with E-state index in [1.165, 1.54) is 10.4 Å². The number of para-hydroxylation sites is 1. The van der Waals surface area contributed by atoms with Gasteiger partial charge in [0.2, 0.25) is 10.0 Å². The second-order valence-corrected chi connectivity index (χ2v) is 10.5. The Labute approximate surface area is 199 Å². The molecule has 1 N–H and O–H groups in total. The van der Waals surface area contributed by atoms with E-state index < -0.39 is 15.9 Å². The number of aromatic nitrogens is 2. The van der Waals surface area contributed by atoms with Crippen LogP contribution in [0.3, 0.4) is 0 Å². The molecule has 0 aliphatic carbocycles. The molecule has 1 aliphatic rings. The molecular weight excluding hydrogens is 456 g/mol. The number of carbonyl (C=O) groups excluding carboxylic acids is 1. The number of nitrogens with one attached hydrogen (secondary N) is 1. The molecule has 1 aromatic heterocycles. The number of morpholine rings is 1. The first kappa shape index (κ1) is 24.1. The van der Waals surface area contributed by atoms with Gasteiger partial charge >= 0.3 is 0 Å². The number of ether oxygens (including phenoxy) is 1. The van der Waals surface area contributed by atoms with Crippen molar-refractivity contribution in [2.45, 2.75) is 38.5 Å². The third kappa shape index (κ3) is 4.75. The highest BCUT2D eigenvalue weighted by Crippen LogP contribution is 2.31. The van der Waals surface area contributed by atoms with Crippen LogP contribution in [0.2, 0.25) is 0 Å². The summed E-state index contributed by atoms with van der Waals surface area (Å²) in [5.41, 5.74) is 2.75.